The van der Waals surface area contributed by atoms with Gasteiger partial charge >= 0.3 is 0 Å². The Kier molecular flexibility index (Phi) is 2.52. The molecule has 0 N–H and O–H groups in total. The summed E-state index contributed by atoms with van der Waals surface area (Å²) >= 11 is 0. The van der Waals surface area contributed by atoms with Gasteiger partial charge in [-0.1, -0.05) is 19.3 Å². The van der Waals surface area contributed by atoms with E-state index in [2.05, 4.69) is 6.07 Å². The second kappa shape index (κ2) is 3.26. The zero-order chi connectivity index (χ0) is 9.19. The molecule has 1 aliphatic rings. The molecule has 0 saturated heterocycles. The predicted molar refractivity (Wildman–Crippen MR) is 46.4 cm³/mol. The van der Waals surface area contributed by atoms with Crippen LogP contribution < -0.4 is 0 Å². The Morgan fingerprint density at radius 1 is 1.67 bits per heavy atom. The first-order valence-electron chi connectivity index (χ1n) is 4.51. The summed E-state index contributed by atoms with van der Waals surface area (Å²) in [7, 11) is 0. The number of carbonyl (C=O) groups excluding carboxylic acids is 1. The van der Waals surface area contributed by atoms with E-state index in [4.69, 9.17) is 5.26 Å². The molecular formula is C10H15NO. The largest absolute Gasteiger partial charge is 0.298 e. The Bertz CT molecular complexity index is 224. The third-order valence-electron chi connectivity index (χ3n) is 2.95. The Hall–Kier alpha value is -0.840. The first kappa shape index (κ1) is 9.25. The standard InChI is InChI=1S/C10H15NO/c1-8(12)10(2,7-11)6-9-4-3-5-9/h9H,3-6H2,1-2H3. The fourth-order valence-electron chi connectivity index (χ4n) is 1.54. The van der Waals surface area contributed by atoms with Crippen molar-refractivity contribution >= 4 is 5.78 Å². The van der Waals surface area contributed by atoms with Gasteiger partial charge in [0.25, 0.3) is 0 Å². The van der Waals surface area contributed by atoms with Crippen LogP contribution in [0.5, 0.6) is 0 Å². The van der Waals surface area contributed by atoms with Crippen LogP contribution >= 0.6 is 0 Å². The van der Waals surface area contributed by atoms with Crippen molar-refractivity contribution in [1.82, 2.24) is 0 Å². The van der Waals surface area contributed by atoms with Crippen LogP contribution in [-0.2, 0) is 4.79 Å². The highest BCUT2D eigenvalue weighted by Gasteiger charge is 2.34. The van der Waals surface area contributed by atoms with Crippen LogP contribution in [0, 0.1) is 22.7 Å². The van der Waals surface area contributed by atoms with E-state index in [9.17, 15) is 4.79 Å². The molecule has 0 aromatic rings. The highest BCUT2D eigenvalue weighted by atomic mass is 16.1. The lowest BCUT2D eigenvalue weighted by atomic mass is 9.72. The highest BCUT2D eigenvalue weighted by molar-refractivity contribution is 5.84. The molecule has 1 saturated carbocycles. The molecule has 0 amide bonds. The summed E-state index contributed by atoms with van der Waals surface area (Å²) in [6, 6.07) is 2.13. The molecule has 66 valence electrons. The number of rotatable bonds is 3. The third kappa shape index (κ3) is 1.66. The quantitative estimate of drug-likeness (QED) is 0.643. The number of hydrogen-bond acceptors (Lipinski definition) is 2. The fourth-order valence-corrected chi connectivity index (χ4v) is 1.54. The van der Waals surface area contributed by atoms with E-state index in [-0.39, 0.29) is 5.78 Å². The van der Waals surface area contributed by atoms with Gasteiger partial charge in [-0.2, -0.15) is 5.26 Å². The van der Waals surface area contributed by atoms with Crippen molar-refractivity contribution in [2.75, 3.05) is 0 Å². The van der Waals surface area contributed by atoms with Crippen molar-refractivity contribution in [2.45, 2.75) is 39.5 Å². The van der Waals surface area contributed by atoms with E-state index >= 15 is 0 Å². The molecule has 0 spiro atoms. The molecule has 1 atom stereocenters. The maximum atomic E-state index is 11.1. The molecule has 0 aromatic heterocycles. The Balaban J connectivity index is 2.55. The lowest BCUT2D eigenvalue weighted by Gasteiger charge is -2.30. The minimum atomic E-state index is -0.717. The van der Waals surface area contributed by atoms with E-state index in [1.165, 1.54) is 26.2 Å². The SMILES string of the molecule is CC(=O)C(C)(C#N)CC1CCC1. The smallest absolute Gasteiger partial charge is 0.149 e. The van der Waals surface area contributed by atoms with Crippen LogP contribution in [-0.4, -0.2) is 5.78 Å². The Morgan fingerprint density at radius 3 is 2.50 bits per heavy atom. The lowest BCUT2D eigenvalue weighted by molar-refractivity contribution is -0.124. The van der Waals surface area contributed by atoms with Crippen molar-refractivity contribution in [2.24, 2.45) is 11.3 Å². The van der Waals surface area contributed by atoms with Gasteiger partial charge < -0.3 is 0 Å². The molecule has 1 fully saturated rings. The average molecular weight is 165 g/mol. The predicted octanol–water partition coefficient (Wildman–Crippen LogP) is 2.30. The van der Waals surface area contributed by atoms with E-state index in [1.807, 2.05) is 0 Å². The third-order valence-corrected chi connectivity index (χ3v) is 2.95. The molecule has 12 heavy (non-hydrogen) atoms. The lowest BCUT2D eigenvalue weighted by Crippen LogP contribution is -2.29. The van der Waals surface area contributed by atoms with Gasteiger partial charge in [0.1, 0.15) is 11.2 Å². The van der Waals surface area contributed by atoms with Crippen molar-refractivity contribution in [3.63, 3.8) is 0 Å². The second-order valence-corrected chi connectivity index (χ2v) is 4.00. The van der Waals surface area contributed by atoms with Crippen molar-refractivity contribution in [1.29, 1.82) is 5.26 Å². The normalized spacial score (nSPS) is 22.1. The van der Waals surface area contributed by atoms with Crippen molar-refractivity contribution in [3.8, 4) is 6.07 Å². The number of nitrogens with zero attached hydrogens (tertiary/aromatic N) is 1. The monoisotopic (exact) mass is 165 g/mol. The minimum absolute atomic E-state index is 0.0110. The second-order valence-electron chi connectivity index (χ2n) is 4.00. The zero-order valence-electron chi connectivity index (χ0n) is 7.76. The van der Waals surface area contributed by atoms with Gasteiger partial charge in [-0.15, -0.1) is 0 Å². The first-order valence-corrected chi connectivity index (χ1v) is 4.51. The minimum Gasteiger partial charge on any atom is -0.298 e. The van der Waals surface area contributed by atoms with E-state index < -0.39 is 5.41 Å². The van der Waals surface area contributed by atoms with Gasteiger partial charge in [-0.25, -0.2) is 0 Å². The van der Waals surface area contributed by atoms with Crippen LogP contribution in [0.25, 0.3) is 0 Å². The molecule has 1 rings (SSSR count). The zero-order valence-corrected chi connectivity index (χ0v) is 7.76. The molecule has 0 heterocycles. The summed E-state index contributed by atoms with van der Waals surface area (Å²) in [6.07, 6.45) is 4.43. The first-order chi connectivity index (χ1) is 5.58. The van der Waals surface area contributed by atoms with Crippen LogP contribution in [0.4, 0.5) is 0 Å². The van der Waals surface area contributed by atoms with Gasteiger partial charge in [-0.05, 0) is 26.2 Å². The van der Waals surface area contributed by atoms with Gasteiger partial charge in [0.15, 0.2) is 0 Å². The van der Waals surface area contributed by atoms with E-state index in [0.717, 1.165) is 6.42 Å². The van der Waals surface area contributed by atoms with Crippen LogP contribution in [0.3, 0.4) is 0 Å². The Morgan fingerprint density at radius 2 is 2.25 bits per heavy atom. The fraction of sp³-hybridized carbons (Fsp3) is 0.800. The molecule has 2 heteroatoms. The highest BCUT2D eigenvalue weighted by Crippen LogP contribution is 2.37. The van der Waals surface area contributed by atoms with Crippen LogP contribution in [0.15, 0.2) is 0 Å². The summed E-state index contributed by atoms with van der Waals surface area (Å²) in [5.74, 6) is 0.635. The maximum absolute atomic E-state index is 11.1. The van der Waals surface area contributed by atoms with Crippen LogP contribution in [0.2, 0.25) is 0 Å². The average Bonchev–Trinajstić information content (AvgIpc) is 1.96. The van der Waals surface area contributed by atoms with Crippen LogP contribution in [0.1, 0.15) is 39.5 Å². The van der Waals surface area contributed by atoms with Gasteiger partial charge in [0.05, 0.1) is 6.07 Å². The molecular weight excluding hydrogens is 150 g/mol. The van der Waals surface area contributed by atoms with E-state index in [0.29, 0.717) is 5.92 Å². The summed E-state index contributed by atoms with van der Waals surface area (Å²) < 4.78 is 0. The number of Topliss-reactive ketones (excluding diaryl/α,β-unsaturated/α-hetero) is 1. The molecule has 0 radical (unpaired) electrons. The van der Waals surface area contributed by atoms with Crippen molar-refractivity contribution in [3.05, 3.63) is 0 Å². The van der Waals surface area contributed by atoms with Crippen molar-refractivity contribution < 1.29 is 4.79 Å². The number of ketones is 1. The molecule has 1 unspecified atom stereocenters. The molecule has 0 aromatic carbocycles. The summed E-state index contributed by atoms with van der Waals surface area (Å²) in [4.78, 5) is 11.1. The van der Waals surface area contributed by atoms with E-state index in [1.54, 1.807) is 6.92 Å². The van der Waals surface area contributed by atoms with Gasteiger partial charge in [0, 0.05) is 0 Å². The van der Waals surface area contributed by atoms with Gasteiger partial charge in [-0.3, -0.25) is 4.79 Å². The number of nitriles is 1. The molecule has 1 aliphatic carbocycles. The number of hydrogen-bond donors (Lipinski definition) is 0. The van der Waals surface area contributed by atoms with Gasteiger partial charge in [0.2, 0.25) is 0 Å². The Labute approximate surface area is 73.6 Å². The topological polar surface area (TPSA) is 40.9 Å². The molecule has 2 nitrogen and oxygen atoms in total. The maximum Gasteiger partial charge on any atom is 0.149 e. The molecule has 0 aliphatic heterocycles. The molecule has 0 bridgehead atoms. The summed E-state index contributed by atoms with van der Waals surface area (Å²) in [6.45, 7) is 3.27. The number of carbonyl (C=O) groups is 1. The summed E-state index contributed by atoms with van der Waals surface area (Å²) in [5, 5.41) is 8.85. The summed E-state index contributed by atoms with van der Waals surface area (Å²) in [5.41, 5.74) is -0.717.